The Morgan fingerprint density at radius 3 is 2.95 bits per heavy atom. The average Bonchev–Trinajstić information content (AvgIpc) is 2.44. The van der Waals surface area contributed by atoms with Crippen LogP contribution in [0.1, 0.15) is 19.4 Å². The standard InChI is InChI=1S/C15H20N2O4/c1-4-20-14(18)8-16-15(19)17-9-11(3)21-13-6-5-10(2)7-12(13)17/h5-7,11H,4,8-9H2,1-3H3,(H,16,19)/t11-/m1/s1. The molecule has 1 aliphatic heterocycles. The summed E-state index contributed by atoms with van der Waals surface area (Å²) in [7, 11) is 0. The van der Waals surface area contributed by atoms with E-state index in [2.05, 4.69) is 5.32 Å². The minimum Gasteiger partial charge on any atom is -0.487 e. The number of hydrogen-bond acceptors (Lipinski definition) is 4. The Labute approximate surface area is 124 Å². The van der Waals surface area contributed by atoms with Crippen molar-refractivity contribution in [3.05, 3.63) is 23.8 Å². The molecule has 0 bridgehead atoms. The average molecular weight is 292 g/mol. The van der Waals surface area contributed by atoms with Crippen LogP contribution in [-0.4, -0.2) is 37.8 Å². The van der Waals surface area contributed by atoms with E-state index in [9.17, 15) is 9.59 Å². The van der Waals surface area contributed by atoms with Gasteiger partial charge in [0.1, 0.15) is 18.4 Å². The van der Waals surface area contributed by atoms with Crippen molar-refractivity contribution in [3.63, 3.8) is 0 Å². The maximum Gasteiger partial charge on any atom is 0.325 e. The van der Waals surface area contributed by atoms with Crippen molar-refractivity contribution >= 4 is 17.7 Å². The third-order valence-electron chi connectivity index (χ3n) is 3.11. The van der Waals surface area contributed by atoms with Gasteiger partial charge < -0.3 is 14.8 Å². The highest BCUT2D eigenvalue weighted by atomic mass is 16.5. The lowest BCUT2D eigenvalue weighted by Crippen LogP contribution is -2.48. The number of benzene rings is 1. The summed E-state index contributed by atoms with van der Waals surface area (Å²) in [5.74, 6) is 0.224. The number of nitrogens with one attached hydrogen (secondary N) is 1. The number of carbonyl (C=O) groups is 2. The first-order valence-electron chi connectivity index (χ1n) is 6.99. The number of fused-ring (bicyclic) bond motifs is 1. The molecule has 0 saturated carbocycles. The fourth-order valence-corrected chi connectivity index (χ4v) is 2.20. The van der Waals surface area contributed by atoms with Gasteiger partial charge in [-0.05, 0) is 38.5 Å². The van der Waals surface area contributed by atoms with Gasteiger partial charge >= 0.3 is 12.0 Å². The van der Waals surface area contributed by atoms with Gasteiger partial charge in [-0.15, -0.1) is 0 Å². The molecule has 0 saturated heterocycles. The molecule has 2 amide bonds. The summed E-state index contributed by atoms with van der Waals surface area (Å²) in [5, 5.41) is 2.57. The van der Waals surface area contributed by atoms with Gasteiger partial charge in [-0.3, -0.25) is 9.69 Å². The molecule has 1 aromatic rings. The van der Waals surface area contributed by atoms with Crippen LogP contribution in [0, 0.1) is 6.92 Å². The molecule has 2 rings (SSSR count). The fraction of sp³-hybridized carbons (Fsp3) is 0.467. The summed E-state index contributed by atoms with van der Waals surface area (Å²) in [6.45, 7) is 6.17. The van der Waals surface area contributed by atoms with Gasteiger partial charge in [0, 0.05) is 0 Å². The largest absolute Gasteiger partial charge is 0.487 e. The highest BCUT2D eigenvalue weighted by Gasteiger charge is 2.27. The molecular weight excluding hydrogens is 272 g/mol. The molecular formula is C15H20N2O4. The smallest absolute Gasteiger partial charge is 0.325 e. The van der Waals surface area contributed by atoms with Crippen LogP contribution in [0.15, 0.2) is 18.2 Å². The zero-order valence-corrected chi connectivity index (χ0v) is 12.5. The lowest BCUT2D eigenvalue weighted by atomic mass is 10.1. The van der Waals surface area contributed by atoms with E-state index in [0.717, 1.165) is 11.3 Å². The monoisotopic (exact) mass is 292 g/mol. The van der Waals surface area contributed by atoms with E-state index in [1.165, 1.54) is 0 Å². The highest BCUT2D eigenvalue weighted by molar-refractivity contribution is 5.95. The summed E-state index contributed by atoms with van der Waals surface area (Å²) in [6, 6.07) is 5.35. The van der Waals surface area contributed by atoms with E-state index in [4.69, 9.17) is 9.47 Å². The first-order valence-corrected chi connectivity index (χ1v) is 6.99. The van der Waals surface area contributed by atoms with Crippen LogP contribution in [0.2, 0.25) is 0 Å². The molecule has 114 valence electrons. The number of aryl methyl sites for hydroxylation is 1. The number of hydrogen-bond donors (Lipinski definition) is 1. The van der Waals surface area contributed by atoms with Crippen LogP contribution in [-0.2, 0) is 9.53 Å². The number of nitrogens with zero attached hydrogens (tertiary/aromatic N) is 1. The molecule has 0 spiro atoms. The Bertz CT molecular complexity index is 544. The first kappa shape index (κ1) is 15.2. The maximum absolute atomic E-state index is 12.3. The molecule has 1 aromatic carbocycles. The molecule has 1 aliphatic rings. The van der Waals surface area contributed by atoms with Crippen LogP contribution in [0.3, 0.4) is 0 Å². The van der Waals surface area contributed by atoms with Crippen molar-refractivity contribution in [1.29, 1.82) is 0 Å². The lowest BCUT2D eigenvalue weighted by Gasteiger charge is -2.33. The van der Waals surface area contributed by atoms with Crippen molar-refractivity contribution in [3.8, 4) is 5.75 Å². The van der Waals surface area contributed by atoms with Gasteiger partial charge in [0.15, 0.2) is 0 Å². The molecule has 0 unspecified atom stereocenters. The molecule has 1 heterocycles. The number of carbonyl (C=O) groups excluding carboxylic acids is 2. The summed E-state index contributed by atoms with van der Waals surface area (Å²) in [4.78, 5) is 25.2. The van der Waals surface area contributed by atoms with Crippen LogP contribution in [0.5, 0.6) is 5.75 Å². The summed E-state index contributed by atoms with van der Waals surface area (Å²) in [5.41, 5.74) is 1.75. The van der Waals surface area contributed by atoms with Gasteiger partial charge in [0.2, 0.25) is 0 Å². The number of esters is 1. The van der Waals surface area contributed by atoms with Crippen LogP contribution in [0.25, 0.3) is 0 Å². The van der Waals surface area contributed by atoms with Gasteiger partial charge in [0.05, 0.1) is 18.8 Å². The maximum atomic E-state index is 12.3. The molecule has 21 heavy (non-hydrogen) atoms. The molecule has 6 heteroatoms. The molecule has 1 atom stereocenters. The zero-order valence-electron chi connectivity index (χ0n) is 12.5. The minimum absolute atomic E-state index is 0.103. The Hall–Kier alpha value is -2.24. The SMILES string of the molecule is CCOC(=O)CNC(=O)N1C[C@@H](C)Oc2ccc(C)cc21. The molecule has 0 fully saturated rings. The second-order valence-electron chi connectivity index (χ2n) is 4.97. The normalized spacial score (nSPS) is 16.7. The number of urea groups is 1. The van der Waals surface area contributed by atoms with E-state index >= 15 is 0 Å². The number of amides is 2. The third kappa shape index (κ3) is 3.65. The zero-order chi connectivity index (χ0) is 15.4. The second kappa shape index (κ2) is 6.47. The molecule has 0 aromatic heterocycles. The molecule has 1 N–H and O–H groups in total. The van der Waals surface area contributed by atoms with E-state index < -0.39 is 5.97 Å². The Kier molecular flexibility index (Phi) is 4.67. The van der Waals surface area contributed by atoms with Crippen LogP contribution >= 0.6 is 0 Å². The molecule has 6 nitrogen and oxygen atoms in total. The van der Waals surface area contributed by atoms with Crippen LogP contribution < -0.4 is 15.0 Å². The number of ether oxygens (including phenoxy) is 2. The van der Waals surface area contributed by atoms with Crippen molar-refractivity contribution in [2.24, 2.45) is 0 Å². The summed E-state index contributed by atoms with van der Waals surface area (Å²) >= 11 is 0. The topological polar surface area (TPSA) is 67.9 Å². The van der Waals surface area contributed by atoms with E-state index in [1.807, 2.05) is 32.0 Å². The Balaban J connectivity index is 2.11. The van der Waals surface area contributed by atoms with Crippen molar-refractivity contribution in [1.82, 2.24) is 5.32 Å². The van der Waals surface area contributed by atoms with Crippen molar-refractivity contribution in [2.75, 3.05) is 24.6 Å². The fourth-order valence-electron chi connectivity index (χ4n) is 2.20. The van der Waals surface area contributed by atoms with Gasteiger partial charge in [-0.25, -0.2) is 4.79 Å². The van der Waals surface area contributed by atoms with Gasteiger partial charge in [0.25, 0.3) is 0 Å². The first-order chi connectivity index (χ1) is 10.0. The second-order valence-corrected chi connectivity index (χ2v) is 4.97. The van der Waals surface area contributed by atoms with Gasteiger partial charge in [-0.2, -0.15) is 0 Å². The summed E-state index contributed by atoms with van der Waals surface area (Å²) in [6.07, 6.45) is -0.103. The predicted octanol–water partition coefficient (Wildman–Crippen LogP) is 1.86. The Morgan fingerprint density at radius 2 is 2.24 bits per heavy atom. The van der Waals surface area contributed by atoms with E-state index in [0.29, 0.717) is 18.9 Å². The van der Waals surface area contributed by atoms with E-state index in [-0.39, 0.29) is 18.7 Å². The quantitative estimate of drug-likeness (QED) is 0.863. The van der Waals surface area contributed by atoms with Gasteiger partial charge in [-0.1, -0.05) is 6.07 Å². The Morgan fingerprint density at radius 1 is 1.48 bits per heavy atom. The lowest BCUT2D eigenvalue weighted by molar-refractivity contribution is -0.141. The van der Waals surface area contributed by atoms with Crippen molar-refractivity contribution in [2.45, 2.75) is 26.9 Å². The third-order valence-corrected chi connectivity index (χ3v) is 3.11. The molecule has 0 aliphatic carbocycles. The predicted molar refractivity (Wildman–Crippen MR) is 78.6 cm³/mol. The minimum atomic E-state index is -0.448. The van der Waals surface area contributed by atoms with E-state index in [1.54, 1.807) is 11.8 Å². The number of rotatable bonds is 3. The highest BCUT2D eigenvalue weighted by Crippen LogP contribution is 2.34. The van der Waals surface area contributed by atoms with Crippen molar-refractivity contribution < 1.29 is 19.1 Å². The summed E-state index contributed by atoms with van der Waals surface area (Å²) < 4.78 is 10.5. The van der Waals surface area contributed by atoms with Crippen LogP contribution in [0.4, 0.5) is 10.5 Å². The number of anilines is 1. The molecule has 0 radical (unpaired) electrons.